The molecule has 0 saturated heterocycles. The molecule has 0 radical (unpaired) electrons. The standard InChI is InChI=1S/C20H21FN2O2/c21-19-17-12-25-20(24)16(17)8-9-18(19)23-11-15-7-6-14(10-22-15)13-4-2-1-3-5-13/h6-10,13,23H,1-5,11-12H2. The zero-order valence-electron chi connectivity index (χ0n) is 14.1. The lowest BCUT2D eigenvalue weighted by Crippen LogP contribution is -2.07. The van der Waals surface area contributed by atoms with Crippen LogP contribution in [0.1, 0.15) is 65.2 Å². The van der Waals surface area contributed by atoms with Gasteiger partial charge in [-0.15, -0.1) is 0 Å². The number of carbonyl (C=O) groups is 1. The second kappa shape index (κ2) is 6.82. The summed E-state index contributed by atoms with van der Waals surface area (Å²) in [5.74, 6) is -0.238. The average Bonchev–Trinajstić information content (AvgIpc) is 3.04. The lowest BCUT2D eigenvalue weighted by Gasteiger charge is -2.21. The van der Waals surface area contributed by atoms with E-state index < -0.39 is 11.8 Å². The van der Waals surface area contributed by atoms with Crippen LogP contribution in [0.3, 0.4) is 0 Å². The third-order valence-corrected chi connectivity index (χ3v) is 5.19. The number of nitrogens with one attached hydrogen (secondary N) is 1. The Morgan fingerprint density at radius 3 is 2.76 bits per heavy atom. The van der Waals surface area contributed by atoms with Crippen LogP contribution in [0.25, 0.3) is 0 Å². The summed E-state index contributed by atoms with van der Waals surface area (Å²) in [5.41, 5.74) is 3.19. The lowest BCUT2D eigenvalue weighted by atomic mass is 9.85. The van der Waals surface area contributed by atoms with Crippen LogP contribution in [0.15, 0.2) is 30.5 Å². The van der Waals surface area contributed by atoms with Crippen molar-refractivity contribution in [3.63, 3.8) is 0 Å². The maximum atomic E-state index is 14.4. The van der Waals surface area contributed by atoms with Crippen LogP contribution in [0.5, 0.6) is 0 Å². The third-order valence-electron chi connectivity index (χ3n) is 5.19. The number of hydrogen-bond acceptors (Lipinski definition) is 4. The van der Waals surface area contributed by atoms with Gasteiger partial charge in [-0.1, -0.05) is 25.3 Å². The Bertz CT molecular complexity index is 783. The first-order chi connectivity index (χ1) is 12.2. The SMILES string of the molecule is O=C1OCc2c1ccc(NCc1ccc(C3CCCCC3)cn1)c2F. The number of pyridine rings is 1. The normalized spacial score (nSPS) is 17.2. The Morgan fingerprint density at radius 1 is 1.16 bits per heavy atom. The molecule has 0 spiro atoms. The molecule has 1 fully saturated rings. The molecular weight excluding hydrogens is 319 g/mol. The van der Waals surface area contributed by atoms with Crippen LogP contribution in [-0.2, 0) is 17.9 Å². The number of hydrogen-bond donors (Lipinski definition) is 1. The minimum Gasteiger partial charge on any atom is -0.457 e. The zero-order chi connectivity index (χ0) is 17.2. The summed E-state index contributed by atoms with van der Waals surface area (Å²) >= 11 is 0. The molecule has 25 heavy (non-hydrogen) atoms. The van der Waals surface area contributed by atoms with Gasteiger partial charge in [0.25, 0.3) is 0 Å². The Hall–Kier alpha value is -2.43. The molecule has 2 aliphatic rings. The minimum atomic E-state index is -0.458. The minimum absolute atomic E-state index is 0.00382. The number of esters is 1. The van der Waals surface area contributed by atoms with Gasteiger partial charge in [-0.3, -0.25) is 4.98 Å². The van der Waals surface area contributed by atoms with Crippen molar-refractivity contribution < 1.29 is 13.9 Å². The summed E-state index contributed by atoms with van der Waals surface area (Å²) in [4.78, 5) is 16.0. The van der Waals surface area contributed by atoms with E-state index in [9.17, 15) is 9.18 Å². The molecule has 0 atom stereocenters. The van der Waals surface area contributed by atoms with Crippen LogP contribution in [0, 0.1) is 5.82 Å². The van der Waals surface area contributed by atoms with Crippen molar-refractivity contribution in [2.75, 3.05) is 5.32 Å². The van der Waals surface area contributed by atoms with Crippen LogP contribution in [0.2, 0.25) is 0 Å². The number of ether oxygens (including phenoxy) is 1. The van der Waals surface area contributed by atoms with Gasteiger partial charge in [0.1, 0.15) is 6.61 Å². The van der Waals surface area contributed by atoms with Crippen molar-refractivity contribution in [2.24, 2.45) is 0 Å². The van der Waals surface area contributed by atoms with Gasteiger partial charge in [-0.05, 0) is 42.5 Å². The summed E-state index contributed by atoms with van der Waals surface area (Å²) in [6.45, 7) is 0.444. The van der Waals surface area contributed by atoms with Gasteiger partial charge in [-0.25, -0.2) is 9.18 Å². The number of nitrogens with zero attached hydrogens (tertiary/aromatic N) is 1. The lowest BCUT2D eigenvalue weighted by molar-refractivity contribution is 0.0534. The molecule has 0 bridgehead atoms. The molecule has 1 N–H and O–H groups in total. The first-order valence-corrected chi connectivity index (χ1v) is 8.89. The van der Waals surface area contributed by atoms with E-state index >= 15 is 0 Å². The van der Waals surface area contributed by atoms with E-state index in [2.05, 4.69) is 16.4 Å². The van der Waals surface area contributed by atoms with Crippen LogP contribution in [0.4, 0.5) is 10.1 Å². The Labute approximate surface area is 146 Å². The quantitative estimate of drug-likeness (QED) is 0.830. The van der Waals surface area contributed by atoms with Crippen LogP contribution >= 0.6 is 0 Å². The largest absolute Gasteiger partial charge is 0.457 e. The summed E-state index contributed by atoms with van der Waals surface area (Å²) in [5, 5.41) is 3.07. The van der Waals surface area contributed by atoms with Gasteiger partial charge in [0.15, 0.2) is 5.82 Å². The number of fused-ring (bicyclic) bond motifs is 1. The van der Waals surface area contributed by atoms with E-state index in [1.54, 1.807) is 12.1 Å². The van der Waals surface area contributed by atoms with Gasteiger partial charge < -0.3 is 10.1 Å². The summed E-state index contributed by atoms with van der Waals surface area (Å²) in [6.07, 6.45) is 8.41. The molecule has 0 unspecified atom stereocenters. The average molecular weight is 340 g/mol. The second-order valence-electron chi connectivity index (χ2n) is 6.80. The van der Waals surface area contributed by atoms with Crippen molar-refractivity contribution >= 4 is 11.7 Å². The predicted octanol–water partition coefficient (Wildman–Crippen LogP) is 4.55. The molecule has 1 aromatic heterocycles. The molecule has 1 aliphatic heterocycles. The van der Waals surface area contributed by atoms with Crippen molar-refractivity contribution in [2.45, 2.75) is 51.2 Å². The molecule has 4 rings (SSSR count). The van der Waals surface area contributed by atoms with Crippen molar-refractivity contribution in [1.29, 1.82) is 0 Å². The Kier molecular flexibility index (Phi) is 4.38. The highest BCUT2D eigenvalue weighted by atomic mass is 19.1. The number of benzene rings is 1. The highest BCUT2D eigenvalue weighted by Crippen LogP contribution is 2.32. The smallest absolute Gasteiger partial charge is 0.338 e. The fraction of sp³-hybridized carbons (Fsp3) is 0.400. The first kappa shape index (κ1) is 16.1. The zero-order valence-corrected chi connectivity index (χ0v) is 14.1. The van der Waals surface area contributed by atoms with Crippen LogP contribution in [-0.4, -0.2) is 11.0 Å². The van der Waals surface area contributed by atoms with Gasteiger partial charge in [-0.2, -0.15) is 0 Å². The molecule has 2 aromatic rings. The van der Waals surface area contributed by atoms with Gasteiger partial charge in [0.2, 0.25) is 0 Å². The fourth-order valence-corrected chi connectivity index (χ4v) is 3.71. The maximum absolute atomic E-state index is 14.4. The van der Waals surface area contributed by atoms with Crippen LogP contribution < -0.4 is 5.32 Å². The van der Waals surface area contributed by atoms with E-state index in [1.807, 2.05) is 12.3 Å². The molecule has 1 aromatic carbocycles. The summed E-state index contributed by atoms with van der Waals surface area (Å²) in [7, 11) is 0. The van der Waals surface area contributed by atoms with E-state index in [-0.39, 0.29) is 6.61 Å². The maximum Gasteiger partial charge on any atom is 0.338 e. The van der Waals surface area contributed by atoms with E-state index in [0.717, 1.165) is 5.69 Å². The van der Waals surface area contributed by atoms with E-state index in [0.29, 0.717) is 29.3 Å². The van der Waals surface area contributed by atoms with Crippen molar-refractivity contribution in [3.05, 3.63) is 58.7 Å². The monoisotopic (exact) mass is 340 g/mol. The van der Waals surface area contributed by atoms with E-state index in [1.165, 1.54) is 37.7 Å². The van der Waals surface area contributed by atoms with Gasteiger partial charge in [0.05, 0.1) is 23.5 Å². The molecule has 0 amide bonds. The number of rotatable bonds is 4. The number of aromatic nitrogens is 1. The number of anilines is 1. The van der Waals surface area contributed by atoms with Gasteiger partial charge in [0, 0.05) is 11.8 Å². The van der Waals surface area contributed by atoms with Crippen molar-refractivity contribution in [3.8, 4) is 0 Å². The topological polar surface area (TPSA) is 51.2 Å². The molecular formula is C20H21FN2O2. The Balaban J connectivity index is 1.42. The molecule has 130 valence electrons. The number of halogens is 1. The first-order valence-electron chi connectivity index (χ1n) is 8.89. The number of carbonyl (C=O) groups excluding carboxylic acids is 1. The third kappa shape index (κ3) is 3.23. The molecule has 4 nitrogen and oxygen atoms in total. The Morgan fingerprint density at radius 2 is 2.00 bits per heavy atom. The fourth-order valence-electron chi connectivity index (χ4n) is 3.71. The number of cyclic esters (lactones) is 1. The van der Waals surface area contributed by atoms with Gasteiger partial charge >= 0.3 is 5.97 Å². The second-order valence-corrected chi connectivity index (χ2v) is 6.80. The predicted molar refractivity (Wildman–Crippen MR) is 92.9 cm³/mol. The molecule has 1 aliphatic carbocycles. The summed E-state index contributed by atoms with van der Waals surface area (Å²) in [6, 6.07) is 7.34. The summed E-state index contributed by atoms with van der Waals surface area (Å²) < 4.78 is 19.3. The molecule has 5 heteroatoms. The highest BCUT2D eigenvalue weighted by molar-refractivity contribution is 5.94. The van der Waals surface area contributed by atoms with E-state index in [4.69, 9.17) is 4.74 Å². The molecule has 2 heterocycles. The van der Waals surface area contributed by atoms with Crippen molar-refractivity contribution in [1.82, 2.24) is 4.98 Å². The highest BCUT2D eigenvalue weighted by Gasteiger charge is 2.26. The molecule has 1 saturated carbocycles.